The topological polar surface area (TPSA) is 9.23 Å². The van der Waals surface area contributed by atoms with Gasteiger partial charge in [0.1, 0.15) is 0 Å². The molecule has 0 heterocycles. The maximum atomic E-state index is 5.76. The zero-order chi connectivity index (χ0) is 17.0. The van der Waals surface area contributed by atoms with Crippen LogP contribution in [-0.2, 0) is 15.1 Å². The molecule has 1 nitrogen and oxygen atoms in total. The summed E-state index contributed by atoms with van der Waals surface area (Å²) < 4.78 is 5.76. The van der Waals surface area contributed by atoms with Crippen molar-refractivity contribution in [1.82, 2.24) is 0 Å². The molecule has 23 heavy (non-hydrogen) atoms. The van der Waals surface area contributed by atoms with E-state index in [0.29, 0.717) is 0 Å². The van der Waals surface area contributed by atoms with Gasteiger partial charge in [-0.2, -0.15) is 0 Å². The predicted molar refractivity (Wildman–Crippen MR) is 105 cm³/mol. The van der Waals surface area contributed by atoms with Crippen molar-refractivity contribution in [3.8, 4) is 0 Å². The zero-order valence-electron chi connectivity index (χ0n) is 14.9. The van der Waals surface area contributed by atoms with Gasteiger partial charge < -0.3 is 0 Å². The van der Waals surface area contributed by atoms with Crippen molar-refractivity contribution in [2.75, 3.05) is 0 Å². The monoisotopic (exact) mass is 346 g/mol. The first-order chi connectivity index (χ1) is 10.9. The van der Waals surface area contributed by atoms with Crippen molar-refractivity contribution in [3.05, 3.63) is 68.8 Å². The molecule has 0 aliphatic carbocycles. The van der Waals surface area contributed by atoms with Gasteiger partial charge in [-0.1, -0.05) is 35.4 Å². The summed E-state index contributed by atoms with van der Waals surface area (Å²) in [5.74, 6) is 1.80. The third kappa shape index (κ3) is 5.03. The molecule has 0 aliphatic heterocycles. The van der Waals surface area contributed by atoms with E-state index in [4.69, 9.17) is 3.63 Å². The van der Waals surface area contributed by atoms with Crippen molar-refractivity contribution in [1.29, 1.82) is 0 Å². The second-order valence-corrected chi connectivity index (χ2v) is 7.94. The van der Waals surface area contributed by atoms with Crippen molar-refractivity contribution in [3.63, 3.8) is 0 Å². The van der Waals surface area contributed by atoms with E-state index in [1.54, 1.807) is 0 Å². The molecular formula is C20H26OS2. The molecule has 2 rings (SSSR count). The van der Waals surface area contributed by atoms with E-state index >= 15 is 0 Å². The van der Waals surface area contributed by atoms with Crippen molar-refractivity contribution in [2.45, 2.75) is 53.0 Å². The van der Waals surface area contributed by atoms with E-state index in [9.17, 15) is 0 Å². The second kappa shape index (κ2) is 8.27. The summed E-state index contributed by atoms with van der Waals surface area (Å²) >= 11 is 3.08. The largest absolute Gasteiger partial charge is 0.247 e. The van der Waals surface area contributed by atoms with Gasteiger partial charge >= 0.3 is 0 Å². The fraction of sp³-hybridized carbons (Fsp3) is 0.400. The minimum atomic E-state index is 0.900. The minimum absolute atomic E-state index is 0.900. The average Bonchev–Trinajstić information content (AvgIpc) is 2.42. The molecule has 0 aromatic heterocycles. The van der Waals surface area contributed by atoms with Crippen molar-refractivity contribution >= 4 is 24.1 Å². The van der Waals surface area contributed by atoms with Gasteiger partial charge in [-0.25, -0.2) is 3.63 Å². The molecule has 2 aromatic carbocycles. The SMILES string of the molecule is Cc1cc(C)c(CSOSCc2c(C)cc(C)cc2C)c(C)c1. The van der Waals surface area contributed by atoms with Crippen LogP contribution in [0.25, 0.3) is 0 Å². The maximum Gasteiger partial charge on any atom is 0.0466 e. The van der Waals surface area contributed by atoms with Crippen LogP contribution >= 0.6 is 24.1 Å². The highest BCUT2D eigenvalue weighted by Crippen LogP contribution is 2.28. The lowest BCUT2D eigenvalue weighted by Crippen LogP contribution is -1.94. The molecule has 124 valence electrons. The minimum Gasteiger partial charge on any atom is -0.247 e. The summed E-state index contributed by atoms with van der Waals surface area (Å²) in [5, 5.41) is 0. The highest BCUT2D eigenvalue weighted by molar-refractivity contribution is 8.07. The van der Waals surface area contributed by atoms with Crippen LogP contribution in [-0.4, -0.2) is 0 Å². The first-order valence-corrected chi connectivity index (χ1v) is 9.75. The molecule has 0 unspecified atom stereocenters. The van der Waals surface area contributed by atoms with Gasteiger partial charge in [0.05, 0.1) is 0 Å². The van der Waals surface area contributed by atoms with Gasteiger partial charge in [0.2, 0.25) is 0 Å². The molecule has 0 saturated carbocycles. The van der Waals surface area contributed by atoms with Crippen LogP contribution in [0.2, 0.25) is 0 Å². The van der Waals surface area contributed by atoms with Crippen LogP contribution < -0.4 is 0 Å². The predicted octanol–water partition coefficient (Wildman–Crippen LogP) is 6.55. The molecule has 0 atom stereocenters. The van der Waals surface area contributed by atoms with Crippen LogP contribution in [0, 0.1) is 41.5 Å². The van der Waals surface area contributed by atoms with Gasteiger partial charge in [0, 0.05) is 35.6 Å². The number of rotatable bonds is 6. The fourth-order valence-electron chi connectivity index (χ4n) is 3.08. The molecule has 0 bridgehead atoms. The molecule has 0 aliphatic rings. The van der Waals surface area contributed by atoms with Crippen molar-refractivity contribution < 1.29 is 3.63 Å². The molecule has 2 aromatic rings. The van der Waals surface area contributed by atoms with Crippen LogP contribution in [0.3, 0.4) is 0 Å². The molecule has 0 fully saturated rings. The van der Waals surface area contributed by atoms with Crippen LogP contribution in [0.1, 0.15) is 44.5 Å². The Balaban J connectivity index is 1.85. The lowest BCUT2D eigenvalue weighted by molar-refractivity contribution is 0.754. The zero-order valence-corrected chi connectivity index (χ0v) is 16.6. The molecule has 0 saturated heterocycles. The van der Waals surface area contributed by atoms with Gasteiger partial charge in [0.15, 0.2) is 0 Å². The molecule has 0 spiro atoms. The molecule has 3 heteroatoms. The fourth-order valence-corrected chi connectivity index (χ4v) is 4.88. The number of hydrogen-bond donors (Lipinski definition) is 0. The Hall–Kier alpha value is -0.900. The average molecular weight is 347 g/mol. The Kier molecular flexibility index (Phi) is 6.63. The van der Waals surface area contributed by atoms with E-state index < -0.39 is 0 Å². The summed E-state index contributed by atoms with van der Waals surface area (Å²) in [7, 11) is 0. The third-order valence-electron chi connectivity index (χ3n) is 4.18. The number of hydrogen-bond acceptors (Lipinski definition) is 3. The van der Waals surface area contributed by atoms with Gasteiger partial charge in [0.25, 0.3) is 0 Å². The Morgan fingerprint density at radius 1 is 0.609 bits per heavy atom. The van der Waals surface area contributed by atoms with Crippen LogP contribution in [0.4, 0.5) is 0 Å². The quantitative estimate of drug-likeness (QED) is 0.433. The Labute approximate surface area is 149 Å². The lowest BCUT2D eigenvalue weighted by atomic mass is 10.0. The first kappa shape index (κ1) is 18.4. The van der Waals surface area contributed by atoms with E-state index in [0.717, 1.165) is 11.5 Å². The summed E-state index contributed by atoms with van der Waals surface area (Å²) in [6, 6.07) is 8.98. The Morgan fingerprint density at radius 2 is 0.913 bits per heavy atom. The normalized spacial score (nSPS) is 11.0. The molecule has 0 amide bonds. The maximum absolute atomic E-state index is 5.76. The Morgan fingerprint density at radius 3 is 1.22 bits per heavy atom. The standard InChI is InChI=1S/C20H26OS2/c1-13-7-15(3)19(16(4)8-13)11-22-21-23-12-20-17(5)9-14(2)10-18(20)6/h7-10H,11-12H2,1-6H3. The summed E-state index contributed by atoms with van der Waals surface area (Å²) in [6.07, 6.45) is 0. The third-order valence-corrected chi connectivity index (χ3v) is 5.77. The lowest BCUT2D eigenvalue weighted by Gasteiger charge is -2.12. The van der Waals surface area contributed by atoms with Gasteiger partial charge in [-0.05, 0) is 74.9 Å². The number of benzene rings is 2. The first-order valence-electron chi connectivity index (χ1n) is 7.93. The smallest absolute Gasteiger partial charge is 0.0466 e. The summed E-state index contributed by atoms with van der Waals surface area (Å²) in [4.78, 5) is 0. The van der Waals surface area contributed by atoms with Gasteiger partial charge in [-0.15, -0.1) is 0 Å². The van der Waals surface area contributed by atoms with Crippen LogP contribution in [0.15, 0.2) is 24.3 Å². The van der Waals surface area contributed by atoms with Crippen molar-refractivity contribution in [2.24, 2.45) is 0 Å². The van der Waals surface area contributed by atoms with Gasteiger partial charge in [-0.3, -0.25) is 0 Å². The highest BCUT2D eigenvalue weighted by Gasteiger charge is 2.07. The molecular weight excluding hydrogens is 320 g/mol. The van der Waals surface area contributed by atoms with Crippen LogP contribution in [0.5, 0.6) is 0 Å². The number of aryl methyl sites for hydroxylation is 6. The summed E-state index contributed by atoms with van der Waals surface area (Å²) in [6.45, 7) is 13.0. The molecule has 0 N–H and O–H groups in total. The Bertz CT molecular complexity index is 587. The van der Waals surface area contributed by atoms with E-state index in [1.807, 2.05) is 0 Å². The highest BCUT2D eigenvalue weighted by atomic mass is 32.2. The second-order valence-electron chi connectivity index (χ2n) is 6.35. The van der Waals surface area contributed by atoms with E-state index in [1.165, 1.54) is 68.6 Å². The summed E-state index contributed by atoms with van der Waals surface area (Å²) in [5.41, 5.74) is 10.9. The van der Waals surface area contributed by atoms with E-state index in [-0.39, 0.29) is 0 Å². The van der Waals surface area contributed by atoms with E-state index in [2.05, 4.69) is 65.8 Å². The molecule has 0 radical (unpaired) electrons.